The first-order valence-corrected chi connectivity index (χ1v) is 10.0. The number of sulfonamides is 1. The lowest BCUT2D eigenvalue weighted by Crippen LogP contribution is -2.42. The average molecular weight is 376 g/mol. The smallest absolute Gasteiger partial charge is 0.239 e. The van der Waals surface area contributed by atoms with Gasteiger partial charge in [-0.2, -0.15) is 0 Å². The van der Waals surface area contributed by atoms with Crippen LogP contribution in [0.25, 0.3) is 10.8 Å². The van der Waals surface area contributed by atoms with Crippen LogP contribution in [0.15, 0.2) is 87.7 Å². The van der Waals surface area contributed by atoms with Crippen LogP contribution in [0.5, 0.6) is 0 Å². The van der Waals surface area contributed by atoms with Gasteiger partial charge in [0, 0.05) is 5.39 Å². The SMILES string of the molecule is Cc1ccc(S(=O)(=O)N2CC=C3N=Nc4c(ccc5ccccc45)N32)cc1. The second kappa shape index (κ2) is 5.73. The van der Waals surface area contributed by atoms with Gasteiger partial charge in [0.05, 0.1) is 17.1 Å². The number of rotatable bonds is 2. The molecule has 0 saturated carbocycles. The number of anilines is 1. The van der Waals surface area contributed by atoms with E-state index < -0.39 is 10.0 Å². The number of nitrogens with zero attached hydrogens (tertiary/aromatic N) is 4. The zero-order valence-corrected chi connectivity index (χ0v) is 15.4. The molecule has 0 aliphatic carbocycles. The van der Waals surface area contributed by atoms with Crippen LogP contribution >= 0.6 is 0 Å². The Hall–Kier alpha value is -3.03. The first kappa shape index (κ1) is 16.2. The molecule has 2 heterocycles. The summed E-state index contributed by atoms with van der Waals surface area (Å²) in [5.41, 5.74) is 2.40. The van der Waals surface area contributed by atoms with Crippen molar-refractivity contribution in [3.8, 4) is 0 Å². The van der Waals surface area contributed by atoms with Gasteiger partial charge in [-0.25, -0.2) is 13.4 Å². The number of benzene rings is 3. The van der Waals surface area contributed by atoms with Gasteiger partial charge in [-0.15, -0.1) is 10.2 Å². The fraction of sp³-hybridized carbons (Fsp3) is 0.100. The molecule has 0 atom stereocenters. The summed E-state index contributed by atoms with van der Waals surface area (Å²) in [7, 11) is -3.72. The highest BCUT2D eigenvalue weighted by molar-refractivity contribution is 7.89. The first-order valence-electron chi connectivity index (χ1n) is 8.59. The Morgan fingerprint density at radius 1 is 0.926 bits per heavy atom. The largest absolute Gasteiger partial charge is 0.260 e. The monoisotopic (exact) mass is 376 g/mol. The van der Waals surface area contributed by atoms with Crippen molar-refractivity contribution < 1.29 is 8.42 Å². The predicted octanol–water partition coefficient (Wildman–Crippen LogP) is 4.51. The fourth-order valence-corrected chi connectivity index (χ4v) is 4.81. The molecule has 0 radical (unpaired) electrons. The molecular formula is C20H16N4O2S. The Morgan fingerprint density at radius 3 is 2.52 bits per heavy atom. The Balaban J connectivity index is 1.65. The third kappa shape index (κ3) is 2.39. The van der Waals surface area contributed by atoms with Crippen LogP contribution in [0.3, 0.4) is 0 Å². The summed E-state index contributed by atoms with van der Waals surface area (Å²) in [5.74, 6) is 0.522. The van der Waals surface area contributed by atoms with Crippen LogP contribution in [0, 0.1) is 6.92 Å². The number of hydrogen-bond donors (Lipinski definition) is 0. The highest BCUT2D eigenvalue weighted by Crippen LogP contribution is 2.44. The van der Waals surface area contributed by atoms with Crippen LogP contribution < -0.4 is 5.01 Å². The van der Waals surface area contributed by atoms with E-state index in [4.69, 9.17) is 0 Å². The van der Waals surface area contributed by atoms with Crippen molar-refractivity contribution in [3.05, 3.63) is 78.1 Å². The molecule has 0 N–H and O–H groups in total. The van der Waals surface area contributed by atoms with E-state index in [0.717, 1.165) is 16.3 Å². The van der Waals surface area contributed by atoms with Crippen molar-refractivity contribution in [2.75, 3.05) is 11.6 Å². The van der Waals surface area contributed by atoms with E-state index in [1.54, 1.807) is 35.4 Å². The van der Waals surface area contributed by atoms with Gasteiger partial charge < -0.3 is 0 Å². The van der Waals surface area contributed by atoms with E-state index in [2.05, 4.69) is 10.2 Å². The van der Waals surface area contributed by atoms with Gasteiger partial charge in [0.2, 0.25) is 0 Å². The van der Waals surface area contributed by atoms with Crippen LogP contribution in [-0.4, -0.2) is 19.4 Å². The van der Waals surface area contributed by atoms with Gasteiger partial charge in [-0.05, 0) is 36.6 Å². The Morgan fingerprint density at radius 2 is 1.70 bits per heavy atom. The van der Waals surface area contributed by atoms with Crippen molar-refractivity contribution in [2.24, 2.45) is 10.2 Å². The molecule has 134 valence electrons. The van der Waals surface area contributed by atoms with Crippen molar-refractivity contribution in [2.45, 2.75) is 11.8 Å². The minimum atomic E-state index is -3.72. The number of hydrogen-bond acceptors (Lipinski definition) is 5. The van der Waals surface area contributed by atoms with Gasteiger partial charge >= 0.3 is 0 Å². The maximum atomic E-state index is 13.3. The standard InChI is InChI=1S/C20H16N4O2S/c1-14-6-9-16(10-7-14)27(25,26)23-13-12-19-21-22-20-17-5-3-2-4-15(17)8-11-18(20)24(19)23/h2-12H,13H2,1H3. The van der Waals surface area contributed by atoms with Crippen molar-refractivity contribution >= 4 is 32.2 Å². The van der Waals surface area contributed by atoms with Crippen LogP contribution in [-0.2, 0) is 10.0 Å². The molecule has 6 nitrogen and oxygen atoms in total. The minimum Gasteiger partial charge on any atom is -0.239 e. The molecule has 0 fully saturated rings. The molecule has 0 amide bonds. The topological polar surface area (TPSA) is 65.3 Å². The summed E-state index contributed by atoms with van der Waals surface area (Å²) in [5, 5.41) is 12.2. The molecule has 0 aromatic heterocycles. The van der Waals surface area contributed by atoms with Crippen molar-refractivity contribution in [1.82, 2.24) is 4.41 Å². The lowest BCUT2D eigenvalue weighted by Gasteiger charge is -2.32. The Bertz CT molecular complexity index is 1230. The Labute approximate surface area is 157 Å². The van der Waals surface area contributed by atoms with Crippen molar-refractivity contribution in [1.29, 1.82) is 0 Å². The molecule has 3 aromatic carbocycles. The predicted molar refractivity (Wildman–Crippen MR) is 104 cm³/mol. The number of azo groups is 1. The molecule has 0 saturated heterocycles. The maximum Gasteiger partial charge on any atom is 0.260 e. The normalized spacial score (nSPS) is 16.3. The molecule has 0 unspecified atom stereocenters. The summed E-state index contributed by atoms with van der Waals surface area (Å²) in [6.45, 7) is 2.15. The lowest BCUT2D eigenvalue weighted by atomic mass is 10.1. The average Bonchev–Trinajstić information content (AvgIpc) is 3.13. The molecule has 27 heavy (non-hydrogen) atoms. The fourth-order valence-electron chi connectivity index (χ4n) is 3.43. The summed E-state index contributed by atoms with van der Waals surface area (Å²) < 4.78 is 27.9. The highest BCUT2D eigenvalue weighted by Gasteiger charge is 2.38. The van der Waals surface area contributed by atoms with E-state index in [1.165, 1.54) is 4.41 Å². The molecule has 0 bridgehead atoms. The van der Waals surface area contributed by atoms with E-state index >= 15 is 0 Å². The summed E-state index contributed by atoms with van der Waals surface area (Å²) >= 11 is 0. The van der Waals surface area contributed by atoms with Gasteiger partial charge in [-0.3, -0.25) is 0 Å². The van der Waals surface area contributed by atoms with Crippen LogP contribution in [0.4, 0.5) is 11.4 Å². The quantitative estimate of drug-likeness (QED) is 0.661. The highest BCUT2D eigenvalue weighted by atomic mass is 32.2. The molecule has 5 rings (SSSR count). The van der Waals surface area contributed by atoms with Gasteiger partial charge in [0.1, 0.15) is 5.69 Å². The molecule has 0 spiro atoms. The third-order valence-electron chi connectivity index (χ3n) is 4.83. The van der Waals surface area contributed by atoms with E-state index in [-0.39, 0.29) is 11.4 Å². The van der Waals surface area contributed by atoms with Crippen LogP contribution in [0.2, 0.25) is 0 Å². The minimum absolute atomic E-state index is 0.219. The zero-order chi connectivity index (χ0) is 18.6. The second-order valence-electron chi connectivity index (χ2n) is 6.55. The summed E-state index contributed by atoms with van der Waals surface area (Å²) in [6.07, 6.45) is 1.77. The van der Waals surface area contributed by atoms with Gasteiger partial charge in [0.25, 0.3) is 10.0 Å². The number of fused-ring (bicyclic) bond motifs is 5. The molecule has 7 heteroatoms. The van der Waals surface area contributed by atoms with Gasteiger partial charge in [-0.1, -0.05) is 52.4 Å². The molecule has 2 aliphatic rings. The lowest BCUT2D eigenvalue weighted by molar-refractivity contribution is 0.454. The zero-order valence-electron chi connectivity index (χ0n) is 14.6. The third-order valence-corrected chi connectivity index (χ3v) is 6.56. The van der Waals surface area contributed by atoms with Crippen LogP contribution in [0.1, 0.15) is 5.56 Å². The maximum absolute atomic E-state index is 13.3. The Kier molecular flexibility index (Phi) is 3.43. The molecule has 2 aliphatic heterocycles. The van der Waals surface area contributed by atoms with E-state index in [0.29, 0.717) is 17.2 Å². The number of aryl methyl sites for hydroxylation is 1. The second-order valence-corrected chi connectivity index (χ2v) is 8.39. The van der Waals surface area contributed by atoms with E-state index in [9.17, 15) is 8.42 Å². The summed E-state index contributed by atoms with van der Waals surface area (Å²) in [4.78, 5) is 0.257. The van der Waals surface area contributed by atoms with Gasteiger partial charge in [0.15, 0.2) is 5.82 Å². The number of hydrazine groups is 1. The summed E-state index contributed by atoms with van der Waals surface area (Å²) in [6, 6.07) is 18.6. The first-order chi connectivity index (χ1) is 13.1. The molecule has 3 aromatic rings. The molecular weight excluding hydrogens is 360 g/mol. The van der Waals surface area contributed by atoms with E-state index in [1.807, 2.05) is 43.3 Å². The van der Waals surface area contributed by atoms with Crippen molar-refractivity contribution in [3.63, 3.8) is 0 Å².